The van der Waals surface area contributed by atoms with E-state index in [0.717, 1.165) is 15.8 Å². The quantitative estimate of drug-likeness (QED) is 0.712. The smallest absolute Gasteiger partial charge is 0.329 e. The Bertz CT molecular complexity index is 791. The van der Waals surface area contributed by atoms with E-state index in [0.29, 0.717) is 19.6 Å². The van der Waals surface area contributed by atoms with E-state index < -0.39 is 5.97 Å². The number of carbonyl (C=O) groups is 2. The molecule has 1 aromatic heterocycles. The van der Waals surface area contributed by atoms with Crippen molar-refractivity contribution in [2.75, 3.05) is 25.6 Å². The molecule has 1 aliphatic rings. The maximum absolute atomic E-state index is 12.3. The van der Waals surface area contributed by atoms with Crippen LogP contribution in [0.15, 0.2) is 35.4 Å². The minimum Gasteiger partial charge on any atom is -0.480 e. The highest BCUT2D eigenvalue weighted by Crippen LogP contribution is 2.29. The minimum absolute atomic E-state index is 0.123. The van der Waals surface area contributed by atoms with Gasteiger partial charge in [0.1, 0.15) is 6.61 Å². The number of carbonyl (C=O) groups excluding carboxylic acids is 1. The summed E-state index contributed by atoms with van der Waals surface area (Å²) in [5.41, 5.74) is 1.12. The number of ether oxygens (including phenoxy) is 2. The average molecular weight is 378 g/mol. The first-order valence-electron chi connectivity index (χ1n) is 8.42. The molecule has 7 nitrogen and oxygen atoms in total. The molecule has 0 saturated carbocycles. The van der Waals surface area contributed by atoms with Gasteiger partial charge in [-0.25, -0.2) is 4.79 Å². The molecule has 140 valence electrons. The Morgan fingerprint density at radius 3 is 3.04 bits per heavy atom. The van der Waals surface area contributed by atoms with Crippen LogP contribution in [0.1, 0.15) is 6.42 Å². The monoisotopic (exact) mass is 378 g/mol. The normalized spacial score (nSPS) is 20.2. The van der Waals surface area contributed by atoms with Crippen LogP contribution in [0.4, 0.5) is 0 Å². The van der Waals surface area contributed by atoms with Crippen LogP contribution in [0.3, 0.4) is 0 Å². The molecule has 3 rings (SSSR count). The van der Waals surface area contributed by atoms with E-state index in [1.54, 1.807) is 0 Å². The molecule has 26 heavy (non-hydrogen) atoms. The van der Waals surface area contributed by atoms with Crippen molar-refractivity contribution in [2.45, 2.75) is 23.5 Å². The number of nitrogens with one attached hydrogen (secondary N) is 1. The summed E-state index contributed by atoms with van der Waals surface area (Å²) in [7, 11) is 1.98. The highest BCUT2D eigenvalue weighted by molar-refractivity contribution is 8.00. The van der Waals surface area contributed by atoms with E-state index in [9.17, 15) is 9.59 Å². The van der Waals surface area contributed by atoms with Crippen molar-refractivity contribution >= 4 is 34.5 Å². The number of carboxylic acid groups (broad SMARTS) is 1. The number of hydrogen-bond donors (Lipinski definition) is 2. The molecule has 2 N–H and O–H groups in total. The number of hydrogen-bond acceptors (Lipinski definition) is 5. The standard InChI is InChI=1S/C18H22N2O5S/c1-20-8-16(12-4-2-3-5-14(12)20)26-11-17(21)19-13-9-24-7-6-15(13)25-10-18(22)23/h2-5,8,13,15H,6-7,9-11H2,1H3,(H,19,21)(H,22,23)/t13-,15+/m1/s1. The zero-order valence-corrected chi connectivity index (χ0v) is 15.3. The third kappa shape index (κ3) is 4.57. The Labute approximate surface area is 155 Å². The number of para-hydroxylation sites is 1. The summed E-state index contributed by atoms with van der Waals surface area (Å²) in [6.45, 7) is 0.457. The van der Waals surface area contributed by atoms with Gasteiger partial charge in [0.25, 0.3) is 0 Å². The van der Waals surface area contributed by atoms with Gasteiger partial charge in [0.15, 0.2) is 0 Å². The maximum atomic E-state index is 12.3. The number of aryl methyl sites for hydroxylation is 1. The van der Waals surface area contributed by atoms with Crippen LogP contribution in [0.5, 0.6) is 0 Å². The van der Waals surface area contributed by atoms with Gasteiger partial charge in [-0.1, -0.05) is 18.2 Å². The van der Waals surface area contributed by atoms with E-state index in [2.05, 4.69) is 5.32 Å². The van der Waals surface area contributed by atoms with Crippen molar-refractivity contribution in [3.05, 3.63) is 30.5 Å². The van der Waals surface area contributed by atoms with Gasteiger partial charge in [-0.2, -0.15) is 0 Å². The van der Waals surface area contributed by atoms with Gasteiger partial charge >= 0.3 is 5.97 Å². The number of amides is 1. The number of fused-ring (bicyclic) bond motifs is 1. The second-order valence-electron chi connectivity index (χ2n) is 6.19. The number of nitrogens with zero attached hydrogens (tertiary/aromatic N) is 1. The van der Waals surface area contributed by atoms with Crippen LogP contribution in [-0.4, -0.2) is 59.3 Å². The molecule has 8 heteroatoms. The predicted octanol–water partition coefficient (Wildman–Crippen LogP) is 1.65. The molecule has 0 unspecified atom stereocenters. The zero-order chi connectivity index (χ0) is 18.5. The van der Waals surface area contributed by atoms with Crippen molar-refractivity contribution in [1.82, 2.24) is 9.88 Å². The first-order chi connectivity index (χ1) is 12.5. The molecule has 2 heterocycles. The molecule has 1 aliphatic heterocycles. The van der Waals surface area contributed by atoms with Crippen LogP contribution >= 0.6 is 11.8 Å². The van der Waals surface area contributed by atoms with E-state index in [1.807, 2.05) is 42.1 Å². The fraction of sp³-hybridized carbons (Fsp3) is 0.444. The van der Waals surface area contributed by atoms with Crippen LogP contribution < -0.4 is 5.32 Å². The summed E-state index contributed by atoms with van der Waals surface area (Å²) in [5, 5.41) is 12.8. The Morgan fingerprint density at radius 2 is 2.23 bits per heavy atom. The second kappa shape index (κ2) is 8.57. The molecule has 1 amide bonds. The Hall–Kier alpha value is -2.03. The molecule has 0 aliphatic carbocycles. The number of aliphatic carboxylic acids is 1. The van der Waals surface area contributed by atoms with Gasteiger partial charge < -0.3 is 24.5 Å². The van der Waals surface area contributed by atoms with Gasteiger partial charge in [-0.05, 0) is 12.5 Å². The van der Waals surface area contributed by atoms with Crippen LogP contribution in [0, 0.1) is 0 Å². The molecule has 2 aromatic rings. The van der Waals surface area contributed by atoms with Gasteiger partial charge in [0.2, 0.25) is 5.91 Å². The highest BCUT2D eigenvalue weighted by Gasteiger charge is 2.28. The lowest BCUT2D eigenvalue weighted by Crippen LogP contribution is -2.51. The van der Waals surface area contributed by atoms with E-state index >= 15 is 0 Å². The average Bonchev–Trinajstić information content (AvgIpc) is 2.95. The molecular weight excluding hydrogens is 356 g/mol. The fourth-order valence-electron chi connectivity index (χ4n) is 3.04. The van der Waals surface area contributed by atoms with E-state index in [-0.39, 0.29) is 30.4 Å². The number of carboxylic acids is 1. The van der Waals surface area contributed by atoms with Crippen molar-refractivity contribution in [3.8, 4) is 0 Å². The molecular formula is C18H22N2O5S. The molecule has 1 aromatic carbocycles. The van der Waals surface area contributed by atoms with Crippen molar-refractivity contribution in [2.24, 2.45) is 7.05 Å². The summed E-state index contributed by atoms with van der Waals surface area (Å²) in [4.78, 5) is 24.1. The minimum atomic E-state index is -1.02. The lowest BCUT2D eigenvalue weighted by molar-refractivity contribution is -0.148. The van der Waals surface area contributed by atoms with Gasteiger partial charge in [0, 0.05) is 35.6 Å². The molecule has 0 bridgehead atoms. The van der Waals surface area contributed by atoms with Crippen molar-refractivity contribution in [1.29, 1.82) is 0 Å². The van der Waals surface area contributed by atoms with Crippen molar-refractivity contribution < 1.29 is 24.2 Å². The second-order valence-corrected chi connectivity index (χ2v) is 7.21. The largest absolute Gasteiger partial charge is 0.480 e. The Kier molecular flexibility index (Phi) is 6.18. The lowest BCUT2D eigenvalue weighted by atomic mass is 10.1. The fourth-order valence-corrected chi connectivity index (χ4v) is 3.97. The molecule has 0 radical (unpaired) electrons. The Morgan fingerprint density at radius 1 is 1.42 bits per heavy atom. The third-order valence-corrected chi connectivity index (χ3v) is 5.32. The predicted molar refractivity (Wildman–Crippen MR) is 98.4 cm³/mol. The molecule has 1 fully saturated rings. The third-order valence-electron chi connectivity index (χ3n) is 4.28. The topological polar surface area (TPSA) is 89.8 Å². The lowest BCUT2D eigenvalue weighted by Gasteiger charge is -2.31. The summed E-state index contributed by atoms with van der Waals surface area (Å²) >= 11 is 1.48. The first-order valence-corrected chi connectivity index (χ1v) is 9.40. The van der Waals surface area contributed by atoms with Crippen molar-refractivity contribution in [3.63, 3.8) is 0 Å². The van der Waals surface area contributed by atoms with Crippen LogP contribution in [0.25, 0.3) is 10.9 Å². The summed E-state index contributed by atoms with van der Waals surface area (Å²) in [6, 6.07) is 7.73. The van der Waals surface area contributed by atoms with Crippen LogP contribution in [-0.2, 0) is 26.1 Å². The number of aromatic nitrogens is 1. The highest BCUT2D eigenvalue weighted by atomic mass is 32.2. The van der Waals surface area contributed by atoms with Gasteiger partial charge in [-0.3, -0.25) is 4.79 Å². The van der Waals surface area contributed by atoms with Gasteiger partial charge in [0.05, 0.1) is 24.5 Å². The van der Waals surface area contributed by atoms with E-state index in [1.165, 1.54) is 11.8 Å². The van der Waals surface area contributed by atoms with Gasteiger partial charge in [-0.15, -0.1) is 11.8 Å². The van der Waals surface area contributed by atoms with Crippen LogP contribution in [0.2, 0.25) is 0 Å². The maximum Gasteiger partial charge on any atom is 0.329 e. The molecule has 2 atom stereocenters. The molecule has 1 saturated heterocycles. The first kappa shape index (κ1) is 18.8. The number of thioether (sulfide) groups is 1. The molecule has 0 spiro atoms. The Balaban J connectivity index is 1.56. The van der Waals surface area contributed by atoms with E-state index in [4.69, 9.17) is 14.6 Å². The SMILES string of the molecule is Cn1cc(SCC(=O)N[C@@H]2COCC[C@@H]2OCC(=O)O)c2ccccc21. The zero-order valence-electron chi connectivity index (χ0n) is 14.5. The number of rotatable bonds is 7. The summed E-state index contributed by atoms with van der Waals surface area (Å²) in [6.07, 6.45) is 2.24. The number of benzene rings is 1. The summed E-state index contributed by atoms with van der Waals surface area (Å²) in [5.74, 6) is -0.869. The summed E-state index contributed by atoms with van der Waals surface area (Å²) < 4.78 is 12.8.